The number of carbonyl (C=O) groups is 2. The van der Waals surface area contributed by atoms with Gasteiger partial charge in [0.1, 0.15) is 19.8 Å². The van der Waals surface area contributed by atoms with Gasteiger partial charge in [0, 0.05) is 12.8 Å². The quantitative estimate of drug-likeness (QED) is 0.0211. The highest BCUT2D eigenvalue weighted by atomic mass is 31.2. The van der Waals surface area contributed by atoms with Crippen LogP contribution >= 0.6 is 7.82 Å². The maximum absolute atomic E-state index is 12.9. The second kappa shape index (κ2) is 60.8. The molecule has 0 aliphatic heterocycles. The Balaban J connectivity index is 3.98. The first-order valence-corrected chi connectivity index (χ1v) is 34.8. The summed E-state index contributed by atoms with van der Waals surface area (Å²) in [6.07, 6.45) is 82.5. The first kappa shape index (κ1) is 77.2. The van der Waals surface area contributed by atoms with E-state index >= 15 is 0 Å². The number of likely N-dealkylation sites (N-methyl/N-ethyl adjacent to an activating group) is 1. The van der Waals surface area contributed by atoms with E-state index in [0.717, 1.165) is 77.0 Å². The molecule has 0 heterocycles. The Morgan fingerprint density at radius 2 is 0.713 bits per heavy atom. The van der Waals surface area contributed by atoms with E-state index in [9.17, 15) is 19.0 Å². The van der Waals surface area contributed by atoms with Crippen molar-refractivity contribution in [3.05, 3.63) is 85.1 Å². The summed E-state index contributed by atoms with van der Waals surface area (Å²) in [5, 5.41) is 0. The molecule has 0 fully saturated rings. The van der Waals surface area contributed by atoms with E-state index in [0.29, 0.717) is 23.9 Å². The normalized spacial score (nSPS) is 13.7. The summed E-state index contributed by atoms with van der Waals surface area (Å²) < 4.78 is 34.7. The van der Waals surface area contributed by atoms with Crippen LogP contribution in [0, 0.1) is 0 Å². The minimum absolute atomic E-state index is 0.0322. The van der Waals surface area contributed by atoms with Crippen molar-refractivity contribution in [1.82, 2.24) is 0 Å². The molecule has 2 atom stereocenters. The number of esters is 2. The van der Waals surface area contributed by atoms with Crippen molar-refractivity contribution in [2.75, 3.05) is 47.5 Å². The molecule has 9 nitrogen and oxygen atoms in total. The molecule has 0 spiro atoms. The van der Waals surface area contributed by atoms with Gasteiger partial charge in [-0.2, -0.15) is 0 Å². The molecule has 80 heavy (non-hydrogen) atoms. The van der Waals surface area contributed by atoms with Crippen LogP contribution in [-0.2, 0) is 32.7 Å². The van der Waals surface area contributed by atoms with Crippen LogP contribution < -0.4 is 0 Å². The molecular formula is C70H127NO8P+. The SMILES string of the molecule is CC/C=C\C/C=C\C/C=C\C/C=C\C/C=C\C/C=C\C/C=C\CCCCCCCCCCCCCCCCCCCC(=O)OC(COC(=O)CCCCCCCCCCCCCCCCCCC)COP(=O)(O)OCC[N+](C)(C)C. The summed E-state index contributed by atoms with van der Waals surface area (Å²) in [4.78, 5) is 35.8. The molecule has 2 unspecified atom stereocenters. The molecule has 0 amide bonds. The van der Waals surface area contributed by atoms with Crippen LogP contribution in [0.5, 0.6) is 0 Å². The Morgan fingerprint density at radius 1 is 0.400 bits per heavy atom. The number of ether oxygens (including phenoxy) is 2. The summed E-state index contributed by atoms with van der Waals surface area (Å²) in [6, 6.07) is 0. The number of unbranched alkanes of at least 4 members (excludes halogenated alkanes) is 33. The van der Waals surface area contributed by atoms with Crippen LogP contribution in [-0.4, -0.2) is 74.9 Å². The molecule has 0 bridgehead atoms. The first-order chi connectivity index (χ1) is 39.0. The van der Waals surface area contributed by atoms with Crippen LogP contribution in [0.1, 0.15) is 296 Å². The van der Waals surface area contributed by atoms with Gasteiger partial charge in [0.05, 0.1) is 27.7 Å². The van der Waals surface area contributed by atoms with E-state index < -0.39 is 26.5 Å². The van der Waals surface area contributed by atoms with E-state index in [2.05, 4.69) is 98.9 Å². The molecule has 464 valence electrons. The van der Waals surface area contributed by atoms with E-state index in [1.165, 1.54) is 186 Å². The van der Waals surface area contributed by atoms with Gasteiger partial charge in [-0.1, -0.05) is 298 Å². The third-order valence-corrected chi connectivity index (χ3v) is 15.4. The van der Waals surface area contributed by atoms with Crippen LogP contribution in [0.25, 0.3) is 0 Å². The molecule has 0 saturated carbocycles. The maximum atomic E-state index is 12.9. The number of allylic oxidation sites excluding steroid dienone is 14. The number of rotatable bonds is 61. The van der Waals surface area contributed by atoms with Gasteiger partial charge in [-0.15, -0.1) is 0 Å². The smallest absolute Gasteiger partial charge is 0.462 e. The van der Waals surface area contributed by atoms with Gasteiger partial charge in [-0.3, -0.25) is 18.6 Å². The van der Waals surface area contributed by atoms with E-state index in [1.54, 1.807) is 0 Å². The third-order valence-electron chi connectivity index (χ3n) is 14.4. The third kappa shape index (κ3) is 64.4. The van der Waals surface area contributed by atoms with Crippen LogP contribution in [0.4, 0.5) is 0 Å². The average Bonchev–Trinajstić information content (AvgIpc) is 3.42. The second-order valence-corrected chi connectivity index (χ2v) is 24.9. The number of carbonyl (C=O) groups excluding carboxylic acids is 2. The summed E-state index contributed by atoms with van der Waals surface area (Å²) in [6.45, 7) is 4.36. The Bertz CT molecular complexity index is 1630. The molecule has 0 aromatic carbocycles. The number of phosphoric ester groups is 1. The fourth-order valence-electron chi connectivity index (χ4n) is 9.35. The minimum Gasteiger partial charge on any atom is -0.462 e. The fourth-order valence-corrected chi connectivity index (χ4v) is 10.1. The summed E-state index contributed by atoms with van der Waals surface area (Å²) in [5.41, 5.74) is 0. The Hall–Kier alpha value is -2.81. The predicted molar refractivity (Wildman–Crippen MR) is 344 cm³/mol. The zero-order valence-electron chi connectivity index (χ0n) is 52.8. The van der Waals surface area contributed by atoms with Crippen LogP contribution in [0.15, 0.2) is 85.1 Å². The highest BCUT2D eigenvalue weighted by Gasteiger charge is 2.27. The van der Waals surface area contributed by atoms with Crippen LogP contribution in [0.3, 0.4) is 0 Å². The van der Waals surface area contributed by atoms with Crippen molar-refractivity contribution in [3.63, 3.8) is 0 Å². The molecule has 1 N–H and O–H groups in total. The van der Waals surface area contributed by atoms with E-state index in [4.69, 9.17) is 18.5 Å². The summed E-state index contributed by atoms with van der Waals surface area (Å²) in [5.74, 6) is -0.784. The van der Waals surface area contributed by atoms with Crippen molar-refractivity contribution in [2.45, 2.75) is 302 Å². The number of hydrogen-bond donors (Lipinski definition) is 1. The van der Waals surface area contributed by atoms with Crippen molar-refractivity contribution >= 4 is 19.8 Å². The zero-order valence-corrected chi connectivity index (χ0v) is 53.7. The molecule has 0 aliphatic rings. The number of nitrogens with zero attached hydrogens (tertiary/aromatic N) is 1. The average molecular weight is 1140 g/mol. The summed E-state index contributed by atoms with van der Waals surface area (Å²) >= 11 is 0. The molecule has 0 aromatic heterocycles. The topological polar surface area (TPSA) is 108 Å². The number of phosphoric acid groups is 1. The Morgan fingerprint density at radius 3 is 1.06 bits per heavy atom. The highest BCUT2D eigenvalue weighted by molar-refractivity contribution is 7.47. The second-order valence-electron chi connectivity index (χ2n) is 23.5. The lowest BCUT2D eigenvalue weighted by Crippen LogP contribution is -2.37. The Labute approximate surface area is 494 Å². The minimum atomic E-state index is -4.39. The fraction of sp³-hybridized carbons (Fsp3) is 0.771. The molecule has 0 aliphatic carbocycles. The molecule has 0 radical (unpaired) electrons. The summed E-state index contributed by atoms with van der Waals surface area (Å²) in [7, 11) is 1.49. The lowest BCUT2D eigenvalue weighted by molar-refractivity contribution is -0.870. The molecular weight excluding hydrogens is 1010 g/mol. The van der Waals surface area contributed by atoms with Gasteiger partial charge in [0.2, 0.25) is 0 Å². The van der Waals surface area contributed by atoms with Gasteiger partial charge in [-0.25, -0.2) is 4.57 Å². The lowest BCUT2D eigenvalue weighted by Gasteiger charge is -2.24. The zero-order chi connectivity index (χ0) is 58.4. The maximum Gasteiger partial charge on any atom is 0.472 e. The standard InChI is InChI=1S/C70H126NO8P/c1-6-8-10-12-14-16-18-20-22-24-25-26-27-28-29-30-31-32-33-34-35-36-37-38-39-40-41-42-43-44-45-47-49-51-53-55-57-59-61-63-70(73)79-68(67-78-80(74,75)77-65-64-71(3,4)5)66-76-69(72)62-60-58-56-54-52-50-48-46-23-21-19-17-15-13-11-9-7-2/h8,10,14,16,20,22,25-26,28-29,31-32,34-35,68H,6-7,9,11-13,15,17-19,21,23-24,27,30,33,36-67H2,1-5H3/p+1/b10-8-,16-14-,22-20-,26-25-,29-28-,32-31-,35-34-. The molecule has 0 aromatic rings. The van der Waals surface area contributed by atoms with Crippen molar-refractivity contribution < 1.29 is 42.1 Å². The molecule has 10 heteroatoms. The van der Waals surface area contributed by atoms with Gasteiger partial charge < -0.3 is 18.9 Å². The van der Waals surface area contributed by atoms with Gasteiger partial charge in [-0.05, 0) is 70.6 Å². The number of hydrogen-bond acceptors (Lipinski definition) is 7. The van der Waals surface area contributed by atoms with E-state index in [1.807, 2.05) is 21.1 Å². The Kier molecular flexibility index (Phi) is 58.6. The first-order valence-electron chi connectivity index (χ1n) is 33.3. The van der Waals surface area contributed by atoms with Crippen molar-refractivity contribution in [1.29, 1.82) is 0 Å². The van der Waals surface area contributed by atoms with Gasteiger partial charge >= 0.3 is 19.8 Å². The van der Waals surface area contributed by atoms with Gasteiger partial charge in [0.25, 0.3) is 0 Å². The van der Waals surface area contributed by atoms with Crippen molar-refractivity contribution in [3.8, 4) is 0 Å². The lowest BCUT2D eigenvalue weighted by atomic mass is 10.0. The largest absolute Gasteiger partial charge is 0.472 e. The molecule has 0 rings (SSSR count). The van der Waals surface area contributed by atoms with E-state index in [-0.39, 0.29) is 25.6 Å². The number of quaternary nitrogens is 1. The van der Waals surface area contributed by atoms with Crippen molar-refractivity contribution in [2.24, 2.45) is 0 Å². The highest BCUT2D eigenvalue weighted by Crippen LogP contribution is 2.43. The van der Waals surface area contributed by atoms with Gasteiger partial charge in [0.15, 0.2) is 6.10 Å². The molecule has 0 saturated heterocycles. The monoisotopic (exact) mass is 1140 g/mol. The predicted octanol–water partition coefficient (Wildman–Crippen LogP) is 21.4. The van der Waals surface area contributed by atoms with Crippen LogP contribution in [0.2, 0.25) is 0 Å².